The second-order valence-corrected chi connectivity index (χ2v) is 38.6. The van der Waals surface area contributed by atoms with Crippen LogP contribution >= 0.6 is 23.2 Å². The molecule has 10 aromatic rings. The van der Waals surface area contributed by atoms with E-state index in [1.54, 1.807) is 65.8 Å². The summed E-state index contributed by atoms with van der Waals surface area (Å²) in [5, 5.41) is 28.1. The van der Waals surface area contributed by atoms with Gasteiger partial charge in [-0.3, -0.25) is 49.5 Å². The highest BCUT2D eigenvalue weighted by atomic mass is 35.5. The minimum atomic E-state index is -4.68. The lowest BCUT2D eigenvalue weighted by Gasteiger charge is -2.33. The Bertz CT molecular complexity index is 5730. The first-order valence-corrected chi connectivity index (χ1v) is 50.1. The van der Waals surface area contributed by atoms with E-state index < -0.39 is 124 Å². The Kier molecular flexibility index (Phi) is 43.3. The fraction of sp³-hybridized carbons (Fsp3) is 0.510. The zero-order valence-corrected chi connectivity index (χ0v) is 84.0. The number of rotatable bonds is 31. The standard InChI is InChI=1S/2C21H26ClF3N4O.C20H23F5N4O.2C20H24F4N4O/c1-14-5-6-17(22)16(10-14)13-29(9-8-28-7-3-4-15(2)12-28)20(30)18-11-19(27-26-18)21(23,24)25;1-2-15-7-9-28(10-8-15)11-12-29(14-16-5-3-4-6-17(16)22)20(30)18-13-19(27-26-18)21(23,24)25;21-15-6-5-7-16(22)14(15)13-29(11-10-28-8-3-1-2-4-9-28)19(30)17-12-18(27-26-17)20(23,24)25;1-14-5-4-8-27(12-14)9-10-28(13-15-6-2-3-7-16(15)21)19(29)17-11-18(26-25-17)20(22,23)24;21-16-8-4-3-7-15(16)14-28(12-11-27-9-5-1-2-6-10-27)19(29)17-13-18(26-25-17)20(22,23)24/h5-6,10-11,15H,3-4,7-9,12-13H2,1-2H3,(H,26,27);3-6,13,15H,2,7-12,14H2,1H3,(H,26,27);5-7,12H,1-4,8-11,13H2,(H,26,27);2-3,6-7,11,14H,4-5,8-10,12-13H2,1H3,(H,25,26);3-4,7-8,13H,1-2,5-6,9-12,14H2,(H,25,26). The highest BCUT2D eigenvalue weighted by Crippen LogP contribution is 2.36. The van der Waals surface area contributed by atoms with E-state index in [2.05, 4.69) is 70.8 Å². The largest absolute Gasteiger partial charge is 0.432 e. The number of hydrogen-bond donors (Lipinski definition) is 5. The van der Waals surface area contributed by atoms with Gasteiger partial charge in [0.25, 0.3) is 29.5 Å². The van der Waals surface area contributed by atoms with Gasteiger partial charge >= 0.3 is 30.9 Å². The predicted molar refractivity (Wildman–Crippen MR) is 517 cm³/mol. The van der Waals surface area contributed by atoms with Gasteiger partial charge in [0.15, 0.2) is 28.5 Å². The summed E-state index contributed by atoms with van der Waals surface area (Å²) in [5.41, 5.74) is -4.23. The summed E-state index contributed by atoms with van der Waals surface area (Å²) in [6.45, 7) is 21.9. The molecule has 2 atom stereocenters. The number of likely N-dealkylation sites (tertiary alicyclic amines) is 5. The molecular weight excluding hydrogens is 2020 g/mol. The lowest BCUT2D eigenvalue weighted by molar-refractivity contribution is -0.142. The summed E-state index contributed by atoms with van der Waals surface area (Å²) in [5.74, 6) is -3.91. The molecule has 0 saturated carbocycles. The summed E-state index contributed by atoms with van der Waals surface area (Å²) in [6.07, 6.45) is -6.37. The number of carbonyl (C=O) groups excluding carboxylic acids is 5. The number of nitrogens with zero attached hydrogens (tertiary/aromatic N) is 15. The maximum absolute atomic E-state index is 14.1. The Morgan fingerprint density at radius 2 is 0.601 bits per heavy atom. The van der Waals surface area contributed by atoms with E-state index in [-0.39, 0.29) is 74.2 Å². The van der Waals surface area contributed by atoms with Gasteiger partial charge in [-0.1, -0.05) is 154 Å². The molecule has 5 fully saturated rings. The van der Waals surface area contributed by atoms with Gasteiger partial charge < -0.3 is 49.0 Å². The lowest BCUT2D eigenvalue weighted by Crippen LogP contribution is -2.42. The van der Waals surface area contributed by atoms with E-state index >= 15 is 0 Å². The van der Waals surface area contributed by atoms with Crippen molar-refractivity contribution in [3.05, 3.63) is 263 Å². The Labute approximate surface area is 855 Å². The molecule has 0 aliphatic carbocycles. The van der Waals surface area contributed by atoms with Gasteiger partial charge in [-0.05, 0) is 189 Å². The van der Waals surface area contributed by atoms with E-state index in [4.69, 9.17) is 23.2 Å². The van der Waals surface area contributed by atoms with E-state index in [0.29, 0.717) is 97.0 Å². The minimum absolute atomic E-state index is 0.0342. The number of piperidine rings is 3. The maximum atomic E-state index is 14.1. The molecule has 5 aromatic carbocycles. The second-order valence-electron chi connectivity index (χ2n) is 37.8. The number of benzene rings is 5. The number of alkyl halides is 15. The molecule has 25 nitrogen and oxygen atoms in total. The Hall–Kier alpha value is -11.5. The molecule has 5 aliphatic heterocycles. The molecule has 2 unspecified atom stereocenters. The van der Waals surface area contributed by atoms with Crippen molar-refractivity contribution in [1.29, 1.82) is 0 Å². The van der Waals surface area contributed by atoms with E-state index in [1.807, 2.05) is 45.5 Å². The number of carbonyl (C=O) groups is 5. The zero-order chi connectivity index (χ0) is 107. The molecule has 5 aromatic heterocycles. The molecule has 46 heteroatoms. The number of nitrogens with one attached hydrogen (secondary N) is 5. The topological polar surface area (TPSA) is 261 Å². The second kappa shape index (κ2) is 54.8. The van der Waals surface area contributed by atoms with Crippen molar-refractivity contribution in [1.82, 2.24) is 100.0 Å². The van der Waals surface area contributed by atoms with Gasteiger partial charge in [-0.25, -0.2) is 17.6 Å². The molecule has 5 saturated heterocycles. The Morgan fingerprint density at radius 3 is 0.912 bits per heavy atom. The molecule has 5 aliphatic rings. The molecule has 0 bridgehead atoms. The molecule has 0 radical (unpaired) electrons. The first-order chi connectivity index (χ1) is 70.2. The third kappa shape index (κ3) is 35.9. The van der Waals surface area contributed by atoms with E-state index in [1.165, 1.54) is 63.5 Å². The van der Waals surface area contributed by atoms with Gasteiger partial charge in [0.05, 0.1) is 6.54 Å². The normalized spacial score (nSPS) is 16.7. The van der Waals surface area contributed by atoms with Crippen LogP contribution < -0.4 is 0 Å². The quantitative estimate of drug-likeness (QED) is 0.0253. The van der Waals surface area contributed by atoms with Crippen LogP contribution in [-0.4, -0.2) is 260 Å². The van der Waals surface area contributed by atoms with Gasteiger partial charge in [0.1, 0.15) is 51.7 Å². The van der Waals surface area contributed by atoms with Crippen LogP contribution in [0.5, 0.6) is 0 Å². The number of aromatic nitrogens is 10. The van der Waals surface area contributed by atoms with Crippen LogP contribution in [0.25, 0.3) is 0 Å². The summed E-state index contributed by atoms with van der Waals surface area (Å²) in [7, 11) is 0. The molecule has 5 amide bonds. The summed E-state index contributed by atoms with van der Waals surface area (Å²) < 4.78 is 249. The number of amides is 5. The number of hydrogen-bond acceptors (Lipinski definition) is 15. The molecule has 0 spiro atoms. The van der Waals surface area contributed by atoms with Crippen LogP contribution in [0.15, 0.2) is 140 Å². The summed E-state index contributed by atoms with van der Waals surface area (Å²) >= 11 is 12.5. The van der Waals surface area contributed by atoms with Crippen molar-refractivity contribution in [2.75, 3.05) is 131 Å². The van der Waals surface area contributed by atoms with Crippen molar-refractivity contribution in [2.24, 2.45) is 17.8 Å². The molecule has 5 N–H and O–H groups in total. The van der Waals surface area contributed by atoms with Crippen molar-refractivity contribution in [3.8, 4) is 0 Å². The van der Waals surface area contributed by atoms with Crippen molar-refractivity contribution < 1.29 is 107 Å². The number of halogens is 21. The van der Waals surface area contributed by atoms with E-state index in [9.17, 15) is 107 Å². The van der Waals surface area contributed by atoms with Crippen molar-refractivity contribution >= 4 is 52.7 Å². The zero-order valence-electron chi connectivity index (χ0n) is 82.5. The van der Waals surface area contributed by atoms with Crippen LogP contribution in [0.3, 0.4) is 0 Å². The Morgan fingerprint density at radius 1 is 0.324 bits per heavy atom. The highest BCUT2D eigenvalue weighted by molar-refractivity contribution is 6.31. The highest BCUT2D eigenvalue weighted by Gasteiger charge is 2.41. The fourth-order valence-corrected chi connectivity index (χ4v) is 18.4. The van der Waals surface area contributed by atoms with Gasteiger partial charge in [-0.15, -0.1) is 0 Å². The first kappa shape index (κ1) is 117. The molecular formula is C102H123Cl2F19N20O5. The molecule has 148 heavy (non-hydrogen) atoms. The molecule has 10 heterocycles. The smallest absolute Gasteiger partial charge is 0.332 e. The van der Waals surface area contributed by atoms with Crippen LogP contribution in [0, 0.1) is 47.9 Å². The van der Waals surface area contributed by atoms with Crippen LogP contribution in [0.2, 0.25) is 10.0 Å². The maximum Gasteiger partial charge on any atom is 0.432 e. The average molecular weight is 2140 g/mol. The van der Waals surface area contributed by atoms with Crippen molar-refractivity contribution in [3.63, 3.8) is 0 Å². The van der Waals surface area contributed by atoms with Crippen LogP contribution in [-0.2, 0) is 63.6 Å². The van der Waals surface area contributed by atoms with Gasteiger partial charge in [0.2, 0.25) is 0 Å². The summed E-state index contributed by atoms with van der Waals surface area (Å²) in [6, 6.07) is 31.7. The summed E-state index contributed by atoms with van der Waals surface area (Å²) in [4.78, 5) is 82.7. The van der Waals surface area contributed by atoms with Crippen LogP contribution in [0.1, 0.15) is 231 Å². The minimum Gasteiger partial charge on any atom is -0.332 e. The van der Waals surface area contributed by atoms with Gasteiger partial charge in [-0.2, -0.15) is 91.3 Å². The first-order valence-electron chi connectivity index (χ1n) is 49.3. The Balaban J connectivity index is 0.000000176. The van der Waals surface area contributed by atoms with Crippen LogP contribution in [0.4, 0.5) is 83.4 Å². The van der Waals surface area contributed by atoms with Gasteiger partial charge in [0, 0.05) is 162 Å². The number of aromatic amines is 5. The van der Waals surface area contributed by atoms with Crippen molar-refractivity contribution in [2.45, 2.75) is 188 Å². The molecule has 808 valence electrons. The molecule has 15 rings (SSSR count). The number of aryl methyl sites for hydroxylation is 1. The SMILES string of the molecule is CC1CCCN(CCN(Cc2ccccc2F)C(=O)c2cc(C(F)(F)F)[nH]n2)C1.CCC1CCN(CCN(Cc2ccccc2Cl)C(=O)c2cc(C(F)(F)F)[nH]n2)CC1.Cc1ccc(Cl)c(CN(CCN2CCCC(C)C2)C(=O)c2cc(C(F)(F)F)[nH]n2)c1.O=C(c1cc(C(F)(F)F)[nH]n1)N(CCN1CCCCCC1)Cc1c(F)cccc1F.O=C(c1cc(C(F)(F)F)[nH]n1)N(CCN1CCCCCC1)Cc1ccccc1F. The lowest BCUT2D eigenvalue weighted by atomic mass is 9.94. The third-order valence-electron chi connectivity index (χ3n) is 26.5. The fourth-order valence-electron chi connectivity index (χ4n) is 18.0. The number of H-pyrrole nitrogens is 5. The average Bonchev–Trinajstić information content (AvgIpc) is 1.65. The third-order valence-corrected chi connectivity index (χ3v) is 27.2. The monoisotopic (exact) mass is 2140 g/mol. The predicted octanol–water partition coefficient (Wildman–Crippen LogP) is 21.9. The van der Waals surface area contributed by atoms with E-state index in [0.717, 1.165) is 188 Å².